The summed E-state index contributed by atoms with van der Waals surface area (Å²) in [6.07, 6.45) is 3.83. The van der Waals surface area contributed by atoms with E-state index in [1.165, 1.54) is 0 Å². The first kappa shape index (κ1) is 9.60. The Morgan fingerprint density at radius 3 is 2.67 bits per heavy atom. The van der Waals surface area contributed by atoms with E-state index in [0.717, 1.165) is 45.4 Å². The molecule has 3 atom stereocenters. The quantitative estimate of drug-likeness (QED) is 0.661. The first-order valence-corrected chi connectivity index (χ1v) is 5.99. The Kier molecular flexibility index (Phi) is 2.41. The molecule has 0 aliphatic carbocycles. The lowest BCUT2D eigenvalue weighted by Crippen LogP contribution is -2.49. The van der Waals surface area contributed by atoms with Crippen LogP contribution in [0.1, 0.15) is 19.3 Å². The molecule has 3 rings (SSSR count). The number of hydrogen-bond donors (Lipinski definition) is 1. The molecule has 1 N–H and O–H groups in total. The van der Waals surface area contributed by atoms with Gasteiger partial charge in [0, 0.05) is 26.2 Å². The monoisotopic (exact) mass is 210 g/mol. The predicted octanol–water partition coefficient (Wildman–Crippen LogP) is -0.0143. The number of ether oxygens (including phenoxy) is 1. The van der Waals surface area contributed by atoms with Gasteiger partial charge in [0.25, 0.3) is 0 Å². The third-order valence-electron chi connectivity index (χ3n) is 3.85. The van der Waals surface area contributed by atoms with E-state index in [9.17, 15) is 4.79 Å². The summed E-state index contributed by atoms with van der Waals surface area (Å²) < 4.78 is 5.73. The van der Waals surface area contributed by atoms with Crippen LogP contribution in [-0.4, -0.2) is 49.2 Å². The second-order valence-corrected chi connectivity index (χ2v) is 4.79. The van der Waals surface area contributed by atoms with Crippen molar-refractivity contribution >= 4 is 5.91 Å². The van der Waals surface area contributed by atoms with Crippen LogP contribution in [0.4, 0.5) is 0 Å². The van der Waals surface area contributed by atoms with Crippen molar-refractivity contribution in [2.24, 2.45) is 5.92 Å². The van der Waals surface area contributed by atoms with Gasteiger partial charge in [-0.15, -0.1) is 0 Å². The highest BCUT2D eigenvalue weighted by molar-refractivity contribution is 5.80. The van der Waals surface area contributed by atoms with Gasteiger partial charge in [-0.3, -0.25) is 4.79 Å². The lowest BCUT2D eigenvalue weighted by molar-refractivity contribution is -0.137. The standard InChI is InChI=1S/C11H18N2O2/c14-11(13-5-3-12-4-6-13)9-7-8-1-2-10(9)15-8/h8-10,12H,1-7H2. The lowest BCUT2D eigenvalue weighted by atomic mass is 9.88. The Hall–Kier alpha value is -0.610. The topological polar surface area (TPSA) is 41.6 Å². The number of amides is 1. The maximum atomic E-state index is 12.2. The number of nitrogens with one attached hydrogen (secondary N) is 1. The van der Waals surface area contributed by atoms with Crippen molar-refractivity contribution in [3.05, 3.63) is 0 Å². The number of carbonyl (C=O) groups is 1. The van der Waals surface area contributed by atoms with Gasteiger partial charge in [0.15, 0.2) is 0 Å². The van der Waals surface area contributed by atoms with Gasteiger partial charge < -0.3 is 15.0 Å². The number of rotatable bonds is 1. The molecule has 3 aliphatic heterocycles. The van der Waals surface area contributed by atoms with Crippen LogP contribution in [0.15, 0.2) is 0 Å². The van der Waals surface area contributed by atoms with Crippen molar-refractivity contribution in [1.82, 2.24) is 10.2 Å². The van der Waals surface area contributed by atoms with Crippen LogP contribution >= 0.6 is 0 Å². The summed E-state index contributed by atoms with van der Waals surface area (Å²) in [5, 5.41) is 3.27. The van der Waals surface area contributed by atoms with Crippen molar-refractivity contribution in [2.75, 3.05) is 26.2 Å². The normalized spacial score (nSPS) is 39.7. The molecule has 1 amide bonds. The molecule has 15 heavy (non-hydrogen) atoms. The molecule has 3 saturated heterocycles. The maximum Gasteiger partial charge on any atom is 0.228 e. The Morgan fingerprint density at radius 1 is 1.27 bits per heavy atom. The van der Waals surface area contributed by atoms with E-state index in [2.05, 4.69) is 5.32 Å². The number of piperazine rings is 1. The molecular weight excluding hydrogens is 192 g/mol. The number of nitrogens with zero attached hydrogens (tertiary/aromatic N) is 1. The van der Waals surface area contributed by atoms with Crippen molar-refractivity contribution in [3.8, 4) is 0 Å². The summed E-state index contributed by atoms with van der Waals surface area (Å²) in [6.45, 7) is 3.61. The van der Waals surface area contributed by atoms with Crippen molar-refractivity contribution < 1.29 is 9.53 Å². The van der Waals surface area contributed by atoms with Crippen molar-refractivity contribution in [2.45, 2.75) is 31.5 Å². The molecule has 3 fully saturated rings. The lowest BCUT2D eigenvalue weighted by Gasteiger charge is -2.31. The third-order valence-corrected chi connectivity index (χ3v) is 3.85. The molecule has 0 aromatic heterocycles. The highest BCUT2D eigenvalue weighted by Crippen LogP contribution is 2.39. The number of fused-ring (bicyclic) bond motifs is 2. The van der Waals surface area contributed by atoms with E-state index >= 15 is 0 Å². The first-order chi connectivity index (χ1) is 7.34. The molecule has 0 aromatic rings. The summed E-state index contributed by atoms with van der Waals surface area (Å²) >= 11 is 0. The second-order valence-electron chi connectivity index (χ2n) is 4.79. The second kappa shape index (κ2) is 3.76. The van der Waals surface area contributed by atoms with Crippen LogP contribution < -0.4 is 5.32 Å². The molecule has 0 spiro atoms. The van der Waals surface area contributed by atoms with Crippen LogP contribution in [0.3, 0.4) is 0 Å². The average Bonchev–Trinajstić information content (AvgIpc) is 2.91. The van der Waals surface area contributed by atoms with Crippen molar-refractivity contribution in [1.29, 1.82) is 0 Å². The summed E-state index contributed by atoms with van der Waals surface area (Å²) in [6, 6.07) is 0. The molecule has 0 aromatic carbocycles. The zero-order chi connectivity index (χ0) is 10.3. The Bertz CT molecular complexity index is 263. The highest BCUT2D eigenvalue weighted by Gasteiger charge is 2.45. The fraction of sp³-hybridized carbons (Fsp3) is 0.909. The molecule has 4 nitrogen and oxygen atoms in total. The Balaban J connectivity index is 1.64. The zero-order valence-electron chi connectivity index (χ0n) is 8.95. The van der Waals surface area contributed by atoms with Gasteiger partial charge in [-0.05, 0) is 19.3 Å². The molecule has 0 radical (unpaired) electrons. The molecule has 3 heterocycles. The van der Waals surface area contributed by atoms with Gasteiger partial charge in [-0.25, -0.2) is 0 Å². The third kappa shape index (κ3) is 1.66. The largest absolute Gasteiger partial charge is 0.374 e. The maximum absolute atomic E-state index is 12.2. The van der Waals surface area contributed by atoms with Gasteiger partial charge >= 0.3 is 0 Å². The molecular formula is C11H18N2O2. The fourth-order valence-corrected chi connectivity index (χ4v) is 3.02. The predicted molar refractivity (Wildman–Crippen MR) is 55.5 cm³/mol. The summed E-state index contributed by atoms with van der Waals surface area (Å²) in [5.41, 5.74) is 0. The molecule has 0 saturated carbocycles. The van der Waals surface area contributed by atoms with E-state index in [0.29, 0.717) is 12.0 Å². The number of carbonyl (C=O) groups excluding carboxylic acids is 1. The molecule has 84 valence electrons. The van der Waals surface area contributed by atoms with E-state index in [4.69, 9.17) is 4.74 Å². The summed E-state index contributed by atoms with van der Waals surface area (Å²) in [4.78, 5) is 14.2. The van der Waals surface area contributed by atoms with Gasteiger partial charge in [0.05, 0.1) is 18.1 Å². The van der Waals surface area contributed by atoms with E-state index in [1.807, 2.05) is 4.90 Å². The van der Waals surface area contributed by atoms with Crippen LogP contribution in [0.5, 0.6) is 0 Å². The molecule has 3 aliphatic rings. The van der Waals surface area contributed by atoms with Gasteiger partial charge in [-0.1, -0.05) is 0 Å². The van der Waals surface area contributed by atoms with Crippen molar-refractivity contribution in [3.63, 3.8) is 0 Å². The van der Waals surface area contributed by atoms with Crippen LogP contribution in [0, 0.1) is 5.92 Å². The molecule has 3 unspecified atom stereocenters. The molecule has 4 heteroatoms. The minimum Gasteiger partial charge on any atom is -0.374 e. The van der Waals surface area contributed by atoms with Gasteiger partial charge in [0.2, 0.25) is 5.91 Å². The minimum atomic E-state index is 0.168. The van der Waals surface area contributed by atoms with Crippen LogP contribution in [0.2, 0.25) is 0 Å². The Morgan fingerprint density at radius 2 is 2.07 bits per heavy atom. The zero-order valence-corrected chi connectivity index (χ0v) is 8.95. The first-order valence-electron chi connectivity index (χ1n) is 5.99. The highest BCUT2D eigenvalue weighted by atomic mass is 16.5. The van der Waals surface area contributed by atoms with E-state index in [1.54, 1.807) is 0 Å². The minimum absolute atomic E-state index is 0.168. The number of hydrogen-bond acceptors (Lipinski definition) is 3. The molecule has 2 bridgehead atoms. The van der Waals surface area contributed by atoms with Crippen LogP contribution in [-0.2, 0) is 9.53 Å². The van der Waals surface area contributed by atoms with E-state index in [-0.39, 0.29) is 12.0 Å². The summed E-state index contributed by atoms with van der Waals surface area (Å²) in [5.74, 6) is 0.505. The fourth-order valence-electron chi connectivity index (χ4n) is 3.02. The SMILES string of the molecule is O=C(C1CC2CCC1O2)N1CCNCC1. The average molecular weight is 210 g/mol. The van der Waals surface area contributed by atoms with Gasteiger partial charge in [0.1, 0.15) is 0 Å². The smallest absolute Gasteiger partial charge is 0.228 e. The summed E-state index contributed by atoms with van der Waals surface area (Å²) in [7, 11) is 0. The van der Waals surface area contributed by atoms with Crippen LogP contribution in [0.25, 0.3) is 0 Å². The van der Waals surface area contributed by atoms with E-state index < -0.39 is 0 Å². The Labute approximate surface area is 90.0 Å². The van der Waals surface area contributed by atoms with Gasteiger partial charge in [-0.2, -0.15) is 0 Å².